The summed E-state index contributed by atoms with van der Waals surface area (Å²) in [5, 5.41) is 4.14. The molecule has 2 heteroatoms. The molecule has 3 aromatic carbocycles. The molecule has 1 N–H and O–H groups in total. The molecule has 4 aromatic rings. The number of allylic oxidation sites excluding steroid dienone is 4. The number of H-pyrrole nitrogens is 1. The lowest BCUT2D eigenvalue weighted by Crippen LogP contribution is -2.02. The van der Waals surface area contributed by atoms with Crippen LogP contribution in [0.4, 0.5) is 0 Å². The third kappa shape index (κ3) is 2.08. The van der Waals surface area contributed by atoms with Crippen molar-refractivity contribution in [1.82, 2.24) is 4.98 Å². The van der Waals surface area contributed by atoms with Gasteiger partial charge in [-0.1, -0.05) is 75.3 Å². The molecule has 2 aliphatic rings. The van der Waals surface area contributed by atoms with E-state index in [4.69, 9.17) is 0 Å². The van der Waals surface area contributed by atoms with Gasteiger partial charge in [-0.05, 0) is 46.1 Å². The average Bonchev–Trinajstić information content (AvgIpc) is 3.25. The molecule has 1 aliphatic carbocycles. The maximum Gasteiger partial charge on any atom is 0.0471 e. The van der Waals surface area contributed by atoms with E-state index in [0.29, 0.717) is 5.66 Å². The number of fused-ring (bicyclic) bond motifs is 6. The van der Waals surface area contributed by atoms with Gasteiger partial charge in [-0.15, -0.1) is 0 Å². The van der Waals surface area contributed by atoms with E-state index in [2.05, 4.69) is 83.9 Å². The van der Waals surface area contributed by atoms with Crippen LogP contribution in [0.1, 0.15) is 17.5 Å². The quantitative estimate of drug-likeness (QED) is 0.412. The standard InChI is InChI=1S/C24H18NP/c1-3-7-21-17(5-1)18-11-9-16(14-22(18)25-21)15-10-12-24-20(13-15)19-6-2-4-8-23(19)26-24/h1-11,13-14,24-26H,12H2. The number of hydrogen-bond donors (Lipinski definition) is 1. The fraction of sp³-hybridized carbons (Fsp3) is 0.0833. The van der Waals surface area contributed by atoms with E-state index in [1.165, 1.54) is 49.4 Å². The monoisotopic (exact) mass is 351 g/mol. The number of para-hydroxylation sites is 1. The number of rotatable bonds is 1. The third-order valence-electron chi connectivity index (χ3n) is 5.67. The Morgan fingerprint density at radius 3 is 2.69 bits per heavy atom. The predicted molar refractivity (Wildman–Crippen MR) is 115 cm³/mol. The summed E-state index contributed by atoms with van der Waals surface area (Å²) in [6.45, 7) is 0. The lowest BCUT2D eigenvalue weighted by atomic mass is 9.90. The van der Waals surface area contributed by atoms with E-state index in [9.17, 15) is 0 Å². The minimum atomic E-state index is 0.688. The second kappa shape index (κ2) is 5.43. The molecule has 0 radical (unpaired) electrons. The van der Waals surface area contributed by atoms with Crippen LogP contribution in [0, 0.1) is 0 Å². The number of aromatic amines is 1. The molecule has 0 saturated carbocycles. The molecule has 2 atom stereocenters. The molecule has 0 bridgehead atoms. The molecule has 1 aromatic heterocycles. The summed E-state index contributed by atoms with van der Waals surface area (Å²) in [4.78, 5) is 3.57. The number of aromatic nitrogens is 1. The van der Waals surface area contributed by atoms with Gasteiger partial charge >= 0.3 is 0 Å². The molecule has 2 unspecified atom stereocenters. The smallest absolute Gasteiger partial charge is 0.0471 e. The van der Waals surface area contributed by atoms with Gasteiger partial charge in [0.15, 0.2) is 0 Å². The van der Waals surface area contributed by atoms with E-state index < -0.39 is 0 Å². The van der Waals surface area contributed by atoms with Gasteiger partial charge in [-0.25, -0.2) is 0 Å². The van der Waals surface area contributed by atoms with Crippen molar-refractivity contribution in [2.24, 2.45) is 0 Å². The fourth-order valence-electron chi connectivity index (χ4n) is 4.38. The molecule has 6 rings (SSSR count). The Balaban J connectivity index is 1.47. The van der Waals surface area contributed by atoms with Crippen molar-refractivity contribution in [3.63, 3.8) is 0 Å². The molecule has 2 heterocycles. The van der Waals surface area contributed by atoms with Crippen LogP contribution in [0.25, 0.3) is 33.0 Å². The summed E-state index contributed by atoms with van der Waals surface area (Å²) in [5.41, 5.74) is 8.79. The Kier molecular flexibility index (Phi) is 3.04. The Morgan fingerprint density at radius 1 is 0.846 bits per heavy atom. The van der Waals surface area contributed by atoms with Crippen LogP contribution in [-0.2, 0) is 0 Å². The highest BCUT2D eigenvalue weighted by Crippen LogP contribution is 2.46. The summed E-state index contributed by atoms with van der Waals surface area (Å²) >= 11 is 0. The topological polar surface area (TPSA) is 15.8 Å². The van der Waals surface area contributed by atoms with Crippen molar-refractivity contribution >= 4 is 46.8 Å². The van der Waals surface area contributed by atoms with Crippen molar-refractivity contribution in [2.75, 3.05) is 0 Å². The largest absolute Gasteiger partial charge is 0.354 e. The van der Waals surface area contributed by atoms with Crippen LogP contribution in [0.2, 0.25) is 0 Å². The normalized spacial score (nSPS) is 19.5. The highest BCUT2D eigenvalue weighted by Gasteiger charge is 2.28. The van der Waals surface area contributed by atoms with Gasteiger partial charge in [0.25, 0.3) is 0 Å². The second-order valence-electron chi connectivity index (χ2n) is 7.17. The highest BCUT2D eigenvalue weighted by atomic mass is 31.1. The lowest BCUT2D eigenvalue weighted by molar-refractivity contribution is 1.09. The maximum absolute atomic E-state index is 3.57. The van der Waals surface area contributed by atoms with Crippen LogP contribution < -0.4 is 5.30 Å². The zero-order valence-corrected chi connectivity index (χ0v) is 15.3. The average molecular weight is 351 g/mol. The number of nitrogens with one attached hydrogen (secondary N) is 1. The first-order valence-corrected chi connectivity index (χ1v) is 10.2. The second-order valence-corrected chi connectivity index (χ2v) is 8.69. The molecule has 26 heavy (non-hydrogen) atoms. The van der Waals surface area contributed by atoms with Crippen LogP contribution in [0.3, 0.4) is 0 Å². The first-order chi connectivity index (χ1) is 12.9. The van der Waals surface area contributed by atoms with E-state index in [0.717, 1.165) is 15.0 Å². The molecule has 0 fully saturated rings. The summed E-state index contributed by atoms with van der Waals surface area (Å²) in [5.74, 6) is 0. The summed E-state index contributed by atoms with van der Waals surface area (Å²) in [6.07, 6.45) is 6.01. The van der Waals surface area contributed by atoms with E-state index >= 15 is 0 Å². The fourth-order valence-corrected chi connectivity index (χ4v) is 5.97. The van der Waals surface area contributed by atoms with Gasteiger partial charge < -0.3 is 4.98 Å². The van der Waals surface area contributed by atoms with Gasteiger partial charge in [-0.2, -0.15) is 0 Å². The first kappa shape index (κ1) is 14.5. The van der Waals surface area contributed by atoms with Crippen LogP contribution in [0.15, 0.2) is 78.9 Å². The minimum Gasteiger partial charge on any atom is -0.354 e. The van der Waals surface area contributed by atoms with Crippen molar-refractivity contribution in [1.29, 1.82) is 0 Å². The van der Waals surface area contributed by atoms with Crippen LogP contribution in [0.5, 0.6) is 0 Å². The van der Waals surface area contributed by atoms with Gasteiger partial charge in [0.2, 0.25) is 0 Å². The van der Waals surface area contributed by atoms with Crippen molar-refractivity contribution in [3.05, 3.63) is 90.0 Å². The maximum atomic E-state index is 3.57. The first-order valence-electron chi connectivity index (χ1n) is 9.15. The molecule has 1 nitrogen and oxygen atoms in total. The Hall–Kier alpha value is -2.63. The van der Waals surface area contributed by atoms with Crippen molar-refractivity contribution in [3.8, 4) is 0 Å². The van der Waals surface area contributed by atoms with Crippen LogP contribution in [-0.4, -0.2) is 10.6 Å². The highest BCUT2D eigenvalue weighted by molar-refractivity contribution is 7.50. The Bertz CT molecular complexity index is 1240. The van der Waals surface area contributed by atoms with Crippen molar-refractivity contribution in [2.45, 2.75) is 12.1 Å². The number of benzene rings is 3. The molecular formula is C24H18NP. The molecule has 0 amide bonds. The third-order valence-corrected chi connectivity index (χ3v) is 7.31. The zero-order chi connectivity index (χ0) is 17.1. The summed E-state index contributed by atoms with van der Waals surface area (Å²) in [7, 11) is 0.915. The Morgan fingerprint density at radius 2 is 1.69 bits per heavy atom. The van der Waals surface area contributed by atoms with E-state index in [-0.39, 0.29) is 0 Å². The molecule has 0 spiro atoms. The summed E-state index contributed by atoms with van der Waals surface area (Å²) in [6, 6.07) is 24.3. The van der Waals surface area contributed by atoms with E-state index in [1.807, 2.05) is 0 Å². The minimum absolute atomic E-state index is 0.688. The van der Waals surface area contributed by atoms with E-state index in [1.54, 1.807) is 0 Å². The van der Waals surface area contributed by atoms with Crippen LogP contribution >= 0.6 is 8.58 Å². The van der Waals surface area contributed by atoms with Gasteiger partial charge in [0.1, 0.15) is 0 Å². The molecular weight excluding hydrogens is 333 g/mol. The summed E-state index contributed by atoms with van der Waals surface area (Å²) < 4.78 is 0. The molecule has 0 saturated heterocycles. The van der Waals surface area contributed by atoms with Gasteiger partial charge in [0.05, 0.1) is 0 Å². The predicted octanol–water partition coefficient (Wildman–Crippen LogP) is 5.88. The van der Waals surface area contributed by atoms with Gasteiger partial charge in [0, 0.05) is 27.5 Å². The zero-order valence-electron chi connectivity index (χ0n) is 14.3. The Labute approximate surface area is 154 Å². The SMILES string of the molecule is C1=C(c2ccc3c(c2)[nH]c2ccccc23)C=C2c3ccccc3PC2C1. The number of hydrogen-bond acceptors (Lipinski definition) is 0. The lowest BCUT2D eigenvalue weighted by Gasteiger charge is -2.18. The van der Waals surface area contributed by atoms with Gasteiger partial charge in [-0.3, -0.25) is 0 Å². The molecule has 1 aliphatic heterocycles. The molecule has 124 valence electrons. The van der Waals surface area contributed by atoms with Crippen molar-refractivity contribution < 1.29 is 0 Å².